The van der Waals surface area contributed by atoms with E-state index >= 15 is 0 Å². The van der Waals surface area contributed by atoms with Crippen LogP contribution in [0.5, 0.6) is 0 Å². The third-order valence-corrected chi connectivity index (χ3v) is 6.64. The first-order valence-electron chi connectivity index (χ1n) is 9.56. The SMILES string of the molecule is CS(=O)(=O)c1cc(Cl)c(-c2ccccc2)cc1-c1cc(C#N)c(N2CCNCC2)[nH]1. The Hall–Kier alpha value is -2.79. The molecule has 0 amide bonds. The average Bonchev–Trinajstić information content (AvgIpc) is 3.18. The number of anilines is 1. The number of hydrogen-bond acceptors (Lipinski definition) is 5. The quantitative estimate of drug-likeness (QED) is 0.645. The summed E-state index contributed by atoms with van der Waals surface area (Å²) in [5.41, 5.74) is 3.19. The molecule has 1 aliphatic rings. The van der Waals surface area contributed by atoms with Crippen LogP contribution in [0.25, 0.3) is 22.4 Å². The molecule has 0 unspecified atom stereocenters. The van der Waals surface area contributed by atoms with Crippen LogP contribution >= 0.6 is 11.6 Å². The van der Waals surface area contributed by atoms with Gasteiger partial charge in [0.25, 0.3) is 0 Å². The summed E-state index contributed by atoms with van der Waals surface area (Å²) in [6, 6.07) is 16.8. The maximum Gasteiger partial charge on any atom is 0.176 e. The van der Waals surface area contributed by atoms with Crippen molar-refractivity contribution in [2.45, 2.75) is 4.90 Å². The van der Waals surface area contributed by atoms with E-state index in [4.69, 9.17) is 11.6 Å². The highest BCUT2D eigenvalue weighted by atomic mass is 35.5. The number of piperazine rings is 1. The second-order valence-corrected chi connectivity index (χ2v) is 9.65. The van der Waals surface area contributed by atoms with Gasteiger partial charge in [-0.05, 0) is 23.8 Å². The standard InChI is InChI=1S/C22H21ClN4O2S/c1-30(28,29)21-13-19(23)17(15-5-3-2-4-6-15)12-18(21)20-11-16(14-24)22(26-20)27-9-7-25-8-10-27/h2-6,11-13,25-26H,7-10H2,1H3. The number of nitrogens with one attached hydrogen (secondary N) is 2. The minimum Gasteiger partial charge on any atom is -0.355 e. The van der Waals surface area contributed by atoms with E-state index in [1.807, 2.05) is 30.3 Å². The summed E-state index contributed by atoms with van der Waals surface area (Å²) in [5, 5.41) is 13.3. The van der Waals surface area contributed by atoms with Gasteiger partial charge in [-0.2, -0.15) is 5.26 Å². The second kappa shape index (κ2) is 8.15. The van der Waals surface area contributed by atoms with Crippen LogP contribution in [0.4, 0.5) is 5.82 Å². The molecule has 6 nitrogen and oxygen atoms in total. The number of aromatic amines is 1. The Morgan fingerprint density at radius 3 is 2.40 bits per heavy atom. The third kappa shape index (κ3) is 3.94. The zero-order chi connectivity index (χ0) is 21.3. The van der Waals surface area contributed by atoms with Crippen molar-refractivity contribution < 1.29 is 8.42 Å². The van der Waals surface area contributed by atoms with Crippen LogP contribution in [-0.4, -0.2) is 45.8 Å². The largest absolute Gasteiger partial charge is 0.355 e. The molecule has 0 spiro atoms. The fraction of sp³-hybridized carbons (Fsp3) is 0.227. The van der Waals surface area contributed by atoms with Crippen LogP contribution in [0.3, 0.4) is 0 Å². The van der Waals surface area contributed by atoms with E-state index in [0.717, 1.165) is 43.6 Å². The predicted molar refractivity (Wildman–Crippen MR) is 120 cm³/mol. The molecule has 1 saturated heterocycles. The molecule has 0 radical (unpaired) electrons. The molecule has 3 aromatic rings. The van der Waals surface area contributed by atoms with Crippen LogP contribution in [-0.2, 0) is 9.84 Å². The Morgan fingerprint density at radius 2 is 1.77 bits per heavy atom. The number of aromatic nitrogens is 1. The molecule has 0 atom stereocenters. The van der Waals surface area contributed by atoms with Crippen LogP contribution in [0.15, 0.2) is 53.4 Å². The topological polar surface area (TPSA) is 89.0 Å². The van der Waals surface area contributed by atoms with Crippen molar-refractivity contribution in [3.63, 3.8) is 0 Å². The van der Waals surface area contributed by atoms with Gasteiger partial charge in [0, 0.05) is 54.3 Å². The summed E-state index contributed by atoms with van der Waals surface area (Å²) in [6.45, 7) is 3.19. The van der Waals surface area contributed by atoms with Gasteiger partial charge in [0.15, 0.2) is 9.84 Å². The predicted octanol–water partition coefficient (Wildman–Crippen LogP) is 3.69. The van der Waals surface area contributed by atoms with E-state index in [-0.39, 0.29) is 4.90 Å². The summed E-state index contributed by atoms with van der Waals surface area (Å²) in [4.78, 5) is 5.53. The van der Waals surface area contributed by atoms with Crippen molar-refractivity contribution in [2.75, 3.05) is 37.3 Å². The van der Waals surface area contributed by atoms with Gasteiger partial charge < -0.3 is 15.2 Å². The lowest BCUT2D eigenvalue weighted by Gasteiger charge is -2.28. The van der Waals surface area contributed by atoms with Gasteiger partial charge in [-0.1, -0.05) is 41.9 Å². The Morgan fingerprint density at radius 1 is 1.07 bits per heavy atom. The van der Waals surface area contributed by atoms with E-state index in [1.165, 1.54) is 6.07 Å². The highest BCUT2D eigenvalue weighted by Gasteiger charge is 2.23. The summed E-state index contributed by atoms with van der Waals surface area (Å²) < 4.78 is 25.1. The van der Waals surface area contributed by atoms with Gasteiger partial charge in [-0.25, -0.2) is 8.42 Å². The van der Waals surface area contributed by atoms with E-state index in [1.54, 1.807) is 12.1 Å². The lowest BCUT2D eigenvalue weighted by Crippen LogP contribution is -2.44. The molecule has 154 valence electrons. The number of sulfone groups is 1. The molecule has 2 N–H and O–H groups in total. The van der Waals surface area contributed by atoms with Crippen LogP contribution in [0.1, 0.15) is 5.56 Å². The second-order valence-electron chi connectivity index (χ2n) is 7.26. The van der Waals surface area contributed by atoms with Crippen molar-refractivity contribution in [2.24, 2.45) is 0 Å². The molecule has 0 saturated carbocycles. The van der Waals surface area contributed by atoms with E-state index < -0.39 is 9.84 Å². The van der Waals surface area contributed by atoms with Crippen molar-refractivity contribution in [1.82, 2.24) is 10.3 Å². The minimum atomic E-state index is -3.55. The number of H-pyrrole nitrogens is 1. The lowest BCUT2D eigenvalue weighted by molar-refractivity contribution is 0.585. The molecule has 2 heterocycles. The van der Waals surface area contributed by atoms with Crippen molar-refractivity contribution in [3.05, 3.63) is 59.1 Å². The van der Waals surface area contributed by atoms with E-state index in [2.05, 4.69) is 21.3 Å². The zero-order valence-electron chi connectivity index (χ0n) is 16.4. The van der Waals surface area contributed by atoms with Crippen molar-refractivity contribution in [3.8, 4) is 28.5 Å². The van der Waals surface area contributed by atoms with Crippen LogP contribution in [0, 0.1) is 11.3 Å². The Kier molecular flexibility index (Phi) is 5.56. The van der Waals surface area contributed by atoms with Crippen LogP contribution < -0.4 is 10.2 Å². The highest BCUT2D eigenvalue weighted by molar-refractivity contribution is 7.90. The van der Waals surface area contributed by atoms with Gasteiger partial charge in [0.1, 0.15) is 11.9 Å². The molecular weight excluding hydrogens is 420 g/mol. The summed E-state index contributed by atoms with van der Waals surface area (Å²) >= 11 is 6.47. The van der Waals surface area contributed by atoms with Gasteiger partial charge in [-0.3, -0.25) is 0 Å². The fourth-order valence-corrected chi connectivity index (χ4v) is 4.96. The highest BCUT2D eigenvalue weighted by Crippen LogP contribution is 2.38. The van der Waals surface area contributed by atoms with Gasteiger partial charge in [0.05, 0.1) is 10.5 Å². The fourth-order valence-electron chi connectivity index (χ4n) is 3.72. The monoisotopic (exact) mass is 440 g/mol. The molecule has 0 aliphatic carbocycles. The van der Waals surface area contributed by atoms with Crippen molar-refractivity contribution >= 4 is 27.3 Å². The maximum atomic E-state index is 12.5. The number of benzene rings is 2. The smallest absolute Gasteiger partial charge is 0.176 e. The molecule has 30 heavy (non-hydrogen) atoms. The summed E-state index contributed by atoms with van der Waals surface area (Å²) in [7, 11) is -3.55. The zero-order valence-corrected chi connectivity index (χ0v) is 18.0. The Bertz CT molecular complexity index is 1220. The Balaban J connectivity index is 1.91. The average molecular weight is 441 g/mol. The molecule has 1 fully saturated rings. The minimum absolute atomic E-state index is 0.129. The van der Waals surface area contributed by atoms with E-state index in [0.29, 0.717) is 27.7 Å². The van der Waals surface area contributed by atoms with Gasteiger partial charge in [-0.15, -0.1) is 0 Å². The maximum absolute atomic E-state index is 12.5. The molecule has 1 aromatic heterocycles. The lowest BCUT2D eigenvalue weighted by atomic mass is 10.0. The number of nitriles is 1. The molecule has 8 heteroatoms. The molecule has 4 rings (SSSR count). The number of halogens is 1. The number of rotatable bonds is 4. The number of nitrogens with zero attached hydrogens (tertiary/aromatic N) is 2. The Labute approximate surface area is 181 Å². The van der Waals surface area contributed by atoms with Gasteiger partial charge >= 0.3 is 0 Å². The first kappa shape index (κ1) is 20.5. The summed E-state index contributed by atoms with van der Waals surface area (Å²) in [5.74, 6) is 0.713. The van der Waals surface area contributed by atoms with Crippen molar-refractivity contribution in [1.29, 1.82) is 5.26 Å². The van der Waals surface area contributed by atoms with Crippen LogP contribution in [0.2, 0.25) is 5.02 Å². The normalized spacial score (nSPS) is 14.5. The van der Waals surface area contributed by atoms with Gasteiger partial charge in [0.2, 0.25) is 0 Å². The third-order valence-electron chi connectivity index (χ3n) is 5.19. The molecule has 2 aromatic carbocycles. The summed E-state index contributed by atoms with van der Waals surface area (Å²) in [6.07, 6.45) is 1.16. The molecule has 1 aliphatic heterocycles. The molecule has 0 bridgehead atoms. The number of hydrogen-bond donors (Lipinski definition) is 2. The van der Waals surface area contributed by atoms with E-state index in [9.17, 15) is 13.7 Å². The molecular formula is C22H21ClN4O2S. The first-order valence-corrected chi connectivity index (χ1v) is 11.8. The first-order chi connectivity index (χ1) is 14.4.